The third kappa shape index (κ3) is 7.84. The van der Waals surface area contributed by atoms with E-state index in [9.17, 15) is 9.59 Å². The van der Waals surface area contributed by atoms with Crippen LogP contribution in [0.25, 0.3) is 16.8 Å². The van der Waals surface area contributed by atoms with Crippen molar-refractivity contribution in [3.8, 4) is 22.6 Å². The Balaban J connectivity index is 1.24. The minimum absolute atomic E-state index is 0.0369. The van der Waals surface area contributed by atoms with Crippen molar-refractivity contribution in [2.45, 2.75) is 89.8 Å². The standard InChI is InChI=1S/C36H43N5O6/c1-23(24-11-7-6-8-12-24)46-28-16-10-14-26(18-28)25-13-9-15-27(17-25)41-33(30-19-29(30)32-21-40(5)39-38-32)31(20-37-41)34(42)44-22-45-35(43)47-36(2,3)4/h9-10,13-18,20-21,23-24,29-30H,6-8,11-12,19,22H2,1-5H3/t23-,29+,30+/m0/s1. The Bertz CT molecular complexity index is 1720. The fourth-order valence-corrected chi connectivity index (χ4v) is 6.41. The van der Waals surface area contributed by atoms with Gasteiger partial charge < -0.3 is 18.9 Å². The summed E-state index contributed by atoms with van der Waals surface area (Å²) < 4.78 is 25.3. The summed E-state index contributed by atoms with van der Waals surface area (Å²) in [5.41, 5.74) is 3.95. The second-order valence-corrected chi connectivity index (χ2v) is 13.6. The number of benzene rings is 2. The number of carbonyl (C=O) groups excluding carboxylic acids is 2. The SMILES string of the molecule is C[C@H](Oc1cccc(-c2cccc(-n3ncc(C(=O)OCOC(=O)OC(C)(C)C)c3[C@@H]3C[C@H]3c3cn(C)nn3)c2)c1)C1CCCCC1. The van der Waals surface area contributed by atoms with Gasteiger partial charge in [0.25, 0.3) is 0 Å². The van der Waals surface area contributed by atoms with Crippen molar-refractivity contribution in [2.75, 3.05) is 6.79 Å². The third-order valence-corrected chi connectivity index (χ3v) is 8.82. The summed E-state index contributed by atoms with van der Waals surface area (Å²) in [5.74, 6) is 0.839. The van der Waals surface area contributed by atoms with Gasteiger partial charge in [-0.2, -0.15) is 5.10 Å². The molecular formula is C36H43N5O6. The highest BCUT2D eigenvalue weighted by atomic mass is 16.8. The average molecular weight is 642 g/mol. The van der Waals surface area contributed by atoms with Crippen LogP contribution in [0.3, 0.4) is 0 Å². The largest absolute Gasteiger partial charge is 0.511 e. The molecule has 47 heavy (non-hydrogen) atoms. The maximum atomic E-state index is 13.3. The molecule has 2 saturated carbocycles. The number of ether oxygens (including phenoxy) is 4. The van der Waals surface area contributed by atoms with Crippen molar-refractivity contribution in [2.24, 2.45) is 13.0 Å². The molecule has 2 aliphatic rings. The van der Waals surface area contributed by atoms with Crippen molar-refractivity contribution in [1.82, 2.24) is 24.8 Å². The molecule has 2 aromatic heterocycles. The van der Waals surface area contributed by atoms with Gasteiger partial charge in [-0.3, -0.25) is 4.68 Å². The Labute approximate surface area is 275 Å². The maximum absolute atomic E-state index is 13.3. The number of hydrogen-bond acceptors (Lipinski definition) is 9. The lowest BCUT2D eigenvalue weighted by Gasteiger charge is -2.28. The van der Waals surface area contributed by atoms with Crippen molar-refractivity contribution in [1.29, 1.82) is 0 Å². The first-order valence-electron chi connectivity index (χ1n) is 16.4. The van der Waals surface area contributed by atoms with Crippen LogP contribution in [-0.2, 0) is 21.3 Å². The van der Waals surface area contributed by atoms with Gasteiger partial charge in [-0.1, -0.05) is 48.7 Å². The topological polar surface area (TPSA) is 120 Å². The molecule has 248 valence electrons. The zero-order chi connectivity index (χ0) is 33.1. The number of nitrogens with zero attached hydrogens (tertiary/aromatic N) is 5. The van der Waals surface area contributed by atoms with Gasteiger partial charge in [0.05, 0.1) is 29.4 Å². The van der Waals surface area contributed by atoms with Crippen LogP contribution in [0.1, 0.15) is 99.8 Å². The Morgan fingerprint density at radius 2 is 1.72 bits per heavy atom. The summed E-state index contributed by atoms with van der Waals surface area (Å²) >= 11 is 0. The second kappa shape index (κ2) is 13.6. The van der Waals surface area contributed by atoms with Gasteiger partial charge in [0, 0.05) is 25.1 Å². The molecule has 0 amide bonds. The van der Waals surface area contributed by atoms with E-state index in [4.69, 9.17) is 18.9 Å². The Hall–Kier alpha value is -4.67. The first kappa shape index (κ1) is 32.3. The number of hydrogen-bond donors (Lipinski definition) is 0. The zero-order valence-corrected chi connectivity index (χ0v) is 27.7. The van der Waals surface area contributed by atoms with Crippen LogP contribution in [0.5, 0.6) is 5.75 Å². The number of aromatic nitrogens is 5. The smallest absolute Gasteiger partial charge is 0.490 e. The van der Waals surface area contributed by atoms with Crippen LogP contribution in [0.2, 0.25) is 0 Å². The first-order valence-corrected chi connectivity index (χ1v) is 16.4. The maximum Gasteiger partial charge on any atom is 0.511 e. The third-order valence-electron chi connectivity index (χ3n) is 8.82. The molecule has 3 atom stereocenters. The molecule has 0 saturated heterocycles. The highest BCUT2D eigenvalue weighted by molar-refractivity contribution is 5.91. The number of aryl methyl sites for hydroxylation is 1. The van der Waals surface area contributed by atoms with Crippen molar-refractivity contribution in [3.05, 3.63) is 77.9 Å². The van der Waals surface area contributed by atoms with Gasteiger partial charge in [0.1, 0.15) is 16.9 Å². The van der Waals surface area contributed by atoms with Crippen LogP contribution in [-0.4, -0.2) is 55.4 Å². The van der Waals surface area contributed by atoms with Crippen LogP contribution in [0.15, 0.2) is 60.9 Å². The Morgan fingerprint density at radius 3 is 2.45 bits per heavy atom. The molecule has 0 spiro atoms. The van der Waals surface area contributed by atoms with Gasteiger partial charge in [-0.05, 0) is 88.3 Å². The van der Waals surface area contributed by atoms with Gasteiger partial charge in [-0.25, -0.2) is 14.3 Å². The fourth-order valence-electron chi connectivity index (χ4n) is 6.41. The molecule has 0 N–H and O–H groups in total. The number of rotatable bonds is 10. The number of carbonyl (C=O) groups is 2. The van der Waals surface area contributed by atoms with Crippen molar-refractivity contribution >= 4 is 12.1 Å². The lowest BCUT2D eigenvalue weighted by atomic mass is 9.86. The molecule has 2 aliphatic carbocycles. The summed E-state index contributed by atoms with van der Waals surface area (Å²) in [6.07, 6.45) is 9.74. The van der Waals surface area contributed by atoms with E-state index in [1.54, 1.807) is 30.1 Å². The molecule has 0 radical (unpaired) electrons. The predicted octanol–water partition coefficient (Wildman–Crippen LogP) is 7.35. The van der Waals surface area contributed by atoms with E-state index in [2.05, 4.69) is 46.6 Å². The van der Waals surface area contributed by atoms with E-state index in [1.165, 1.54) is 38.3 Å². The molecule has 2 aromatic carbocycles. The average Bonchev–Trinajstić information content (AvgIpc) is 3.49. The number of esters is 1. The van der Waals surface area contributed by atoms with E-state index in [1.807, 2.05) is 37.5 Å². The molecule has 11 heteroatoms. The minimum atomic E-state index is -0.916. The predicted molar refractivity (Wildman–Crippen MR) is 174 cm³/mol. The zero-order valence-electron chi connectivity index (χ0n) is 27.7. The Kier molecular flexibility index (Phi) is 9.33. The van der Waals surface area contributed by atoms with Crippen LogP contribution < -0.4 is 4.74 Å². The van der Waals surface area contributed by atoms with Gasteiger partial charge in [0.15, 0.2) is 0 Å². The molecule has 0 aliphatic heterocycles. The van der Waals surface area contributed by atoms with Crippen molar-refractivity contribution in [3.63, 3.8) is 0 Å². The van der Waals surface area contributed by atoms with Gasteiger partial charge in [-0.15, -0.1) is 5.10 Å². The summed E-state index contributed by atoms with van der Waals surface area (Å²) in [6, 6.07) is 16.2. The molecule has 6 rings (SSSR count). The molecule has 2 heterocycles. The normalized spacial score (nSPS) is 18.7. The molecular weight excluding hydrogens is 598 g/mol. The fraction of sp³-hybridized carbons (Fsp3) is 0.472. The minimum Gasteiger partial charge on any atom is -0.490 e. The summed E-state index contributed by atoms with van der Waals surface area (Å²) in [4.78, 5) is 25.3. The first-order chi connectivity index (χ1) is 22.6. The molecule has 2 fully saturated rings. The van der Waals surface area contributed by atoms with Crippen molar-refractivity contribution < 1.29 is 28.5 Å². The van der Waals surface area contributed by atoms with E-state index < -0.39 is 24.5 Å². The van der Waals surface area contributed by atoms with E-state index in [0.29, 0.717) is 17.2 Å². The van der Waals surface area contributed by atoms with Crippen LogP contribution in [0, 0.1) is 5.92 Å². The quantitative estimate of drug-likeness (QED) is 0.129. The molecule has 4 aromatic rings. The second-order valence-electron chi connectivity index (χ2n) is 13.6. The van der Waals surface area contributed by atoms with Crippen LogP contribution in [0.4, 0.5) is 4.79 Å². The Morgan fingerprint density at radius 1 is 0.979 bits per heavy atom. The lowest BCUT2D eigenvalue weighted by molar-refractivity contribution is -0.0524. The molecule has 11 nitrogen and oxygen atoms in total. The van der Waals surface area contributed by atoms with Crippen LogP contribution >= 0.6 is 0 Å². The van der Waals surface area contributed by atoms with E-state index >= 15 is 0 Å². The highest BCUT2D eigenvalue weighted by Gasteiger charge is 2.46. The van der Waals surface area contributed by atoms with E-state index in [-0.39, 0.29) is 17.9 Å². The van der Waals surface area contributed by atoms with Gasteiger partial charge >= 0.3 is 12.1 Å². The summed E-state index contributed by atoms with van der Waals surface area (Å²) in [5, 5.41) is 13.1. The lowest BCUT2D eigenvalue weighted by Crippen LogP contribution is -2.25. The summed E-state index contributed by atoms with van der Waals surface area (Å²) in [7, 11) is 1.83. The molecule has 0 bridgehead atoms. The van der Waals surface area contributed by atoms with Gasteiger partial charge in [0.2, 0.25) is 6.79 Å². The highest BCUT2D eigenvalue weighted by Crippen LogP contribution is 2.55. The summed E-state index contributed by atoms with van der Waals surface area (Å²) in [6.45, 7) is 6.78. The van der Waals surface area contributed by atoms with E-state index in [0.717, 1.165) is 34.7 Å². The monoisotopic (exact) mass is 641 g/mol. The molecule has 0 unspecified atom stereocenters.